The highest BCUT2D eigenvalue weighted by molar-refractivity contribution is 14.0. The molecule has 1 saturated heterocycles. The topological polar surface area (TPSA) is 87.4 Å². The van der Waals surface area contributed by atoms with E-state index in [1.807, 2.05) is 30.7 Å². The number of aliphatic imine (C=N–C) groups is 1. The predicted molar refractivity (Wildman–Crippen MR) is 116 cm³/mol. The van der Waals surface area contributed by atoms with Crippen molar-refractivity contribution in [2.24, 2.45) is 12.0 Å². The average Bonchev–Trinajstić information content (AvgIpc) is 3.01. The van der Waals surface area contributed by atoms with E-state index in [-0.39, 0.29) is 24.0 Å². The molecule has 0 aromatic carbocycles. The van der Waals surface area contributed by atoms with E-state index in [1.165, 1.54) is 0 Å². The van der Waals surface area contributed by atoms with Crippen molar-refractivity contribution in [3.8, 4) is 0 Å². The number of rotatable bonds is 5. The third kappa shape index (κ3) is 5.37. The van der Waals surface area contributed by atoms with Crippen LogP contribution in [0.5, 0.6) is 0 Å². The van der Waals surface area contributed by atoms with Crippen LogP contribution in [0.2, 0.25) is 0 Å². The minimum Gasteiger partial charge on any atom is -0.353 e. The van der Waals surface area contributed by atoms with Gasteiger partial charge in [0.15, 0.2) is 11.8 Å². The quantitative estimate of drug-likeness (QED) is 0.294. The van der Waals surface area contributed by atoms with Crippen LogP contribution in [-0.4, -0.2) is 68.3 Å². The van der Waals surface area contributed by atoms with Crippen LogP contribution >= 0.6 is 24.0 Å². The Hall–Kier alpha value is -2.24. The summed E-state index contributed by atoms with van der Waals surface area (Å²) in [5.41, 5.74) is 0. The normalized spacial score (nSPS) is 14.7. The van der Waals surface area contributed by atoms with Crippen molar-refractivity contribution in [1.29, 1.82) is 0 Å². The number of aryl methyl sites for hydroxylation is 1. The Balaban J connectivity index is 0.00000261. The maximum Gasteiger partial charge on any atom is 0.225 e. The molecule has 2 aromatic heterocycles. The van der Waals surface area contributed by atoms with Gasteiger partial charge in [-0.25, -0.2) is 15.0 Å². The van der Waals surface area contributed by atoms with Crippen molar-refractivity contribution in [2.75, 3.05) is 37.6 Å². The lowest BCUT2D eigenvalue weighted by molar-refractivity contribution is 0.370. The van der Waals surface area contributed by atoms with Gasteiger partial charge in [-0.2, -0.15) is 0 Å². The molecule has 1 aliphatic heterocycles. The summed E-state index contributed by atoms with van der Waals surface area (Å²) in [7, 11) is 1.95. The van der Waals surface area contributed by atoms with Crippen molar-refractivity contribution in [3.63, 3.8) is 0 Å². The molecule has 0 bridgehead atoms. The van der Waals surface area contributed by atoms with Crippen LogP contribution in [0.1, 0.15) is 11.6 Å². The van der Waals surface area contributed by atoms with E-state index in [1.54, 1.807) is 12.4 Å². The molecule has 3 heterocycles. The first-order valence-electron chi connectivity index (χ1n) is 8.70. The van der Waals surface area contributed by atoms with Gasteiger partial charge in [0.25, 0.3) is 0 Å². The number of halogens is 1. The Labute approximate surface area is 176 Å². The van der Waals surface area contributed by atoms with Crippen LogP contribution in [0.15, 0.2) is 36.1 Å². The number of anilines is 1. The lowest BCUT2D eigenvalue weighted by Crippen LogP contribution is -2.53. The van der Waals surface area contributed by atoms with Gasteiger partial charge in [0.1, 0.15) is 12.4 Å². The fourth-order valence-corrected chi connectivity index (χ4v) is 2.74. The first-order valence-corrected chi connectivity index (χ1v) is 8.70. The second kappa shape index (κ2) is 10.2. The number of aromatic nitrogens is 5. The summed E-state index contributed by atoms with van der Waals surface area (Å²) >= 11 is 0. The monoisotopic (exact) mass is 483 g/mol. The molecule has 0 radical (unpaired) electrons. The van der Waals surface area contributed by atoms with Gasteiger partial charge in [0.2, 0.25) is 5.95 Å². The van der Waals surface area contributed by atoms with Gasteiger partial charge in [-0.15, -0.1) is 40.8 Å². The van der Waals surface area contributed by atoms with E-state index in [0.717, 1.165) is 49.7 Å². The van der Waals surface area contributed by atoms with Crippen LogP contribution in [0.4, 0.5) is 5.95 Å². The van der Waals surface area contributed by atoms with E-state index in [4.69, 9.17) is 4.99 Å². The Bertz CT molecular complexity index is 751. The zero-order valence-corrected chi connectivity index (χ0v) is 18.1. The molecule has 146 valence electrons. The Morgan fingerprint density at radius 2 is 1.93 bits per heavy atom. The Morgan fingerprint density at radius 3 is 2.52 bits per heavy atom. The highest BCUT2D eigenvalue weighted by atomic mass is 127. The third-order valence-corrected chi connectivity index (χ3v) is 4.37. The maximum absolute atomic E-state index is 4.74. The van der Waals surface area contributed by atoms with Gasteiger partial charge < -0.3 is 19.7 Å². The molecule has 1 N–H and O–H groups in total. The van der Waals surface area contributed by atoms with Crippen LogP contribution in [-0.2, 0) is 13.6 Å². The molecule has 2 aromatic rings. The van der Waals surface area contributed by atoms with Crippen LogP contribution in [0.25, 0.3) is 0 Å². The smallest absolute Gasteiger partial charge is 0.225 e. The summed E-state index contributed by atoms with van der Waals surface area (Å²) in [6.07, 6.45) is 5.38. The molecule has 0 unspecified atom stereocenters. The Morgan fingerprint density at radius 1 is 1.22 bits per heavy atom. The lowest BCUT2D eigenvalue weighted by Gasteiger charge is -2.36. The van der Waals surface area contributed by atoms with Gasteiger partial charge >= 0.3 is 0 Å². The number of guanidine groups is 1. The van der Waals surface area contributed by atoms with Gasteiger partial charge in [-0.1, -0.05) is 6.08 Å². The summed E-state index contributed by atoms with van der Waals surface area (Å²) in [5, 5.41) is 11.6. The molecular formula is C17H26IN9. The van der Waals surface area contributed by atoms with Crippen LogP contribution < -0.4 is 10.2 Å². The molecule has 1 fully saturated rings. The number of nitrogens with zero attached hydrogens (tertiary/aromatic N) is 8. The summed E-state index contributed by atoms with van der Waals surface area (Å²) in [4.78, 5) is 17.8. The number of nitrogens with one attached hydrogen (secondary N) is 1. The number of piperazine rings is 1. The second-order valence-corrected chi connectivity index (χ2v) is 6.05. The van der Waals surface area contributed by atoms with E-state index < -0.39 is 0 Å². The van der Waals surface area contributed by atoms with Crippen LogP contribution in [0.3, 0.4) is 0 Å². The van der Waals surface area contributed by atoms with Crippen molar-refractivity contribution >= 4 is 35.9 Å². The van der Waals surface area contributed by atoms with Crippen molar-refractivity contribution < 1.29 is 0 Å². The third-order valence-electron chi connectivity index (χ3n) is 4.37. The molecule has 1 aliphatic rings. The molecule has 0 atom stereocenters. The lowest BCUT2D eigenvalue weighted by atomic mass is 10.3. The molecule has 27 heavy (non-hydrogen) atoms. The summed E-state index contributed by atoms with van der Waals surface area (Å²) in [6, 6.07) is 1.83. The molecule has 0 saturated carbocycles. The maximum atomic E-state index is 4.74. The zero-order chi connectivity index (χ0) is 18.4. The minimum absolute atomic E-state index is 0. The molecule has 3 rings (SSSR count). The predicted octanol–water partition coefficient (Wildman–Crippen LogP) is 0.985. The van der Waals surface area contributed by atoms with Gasteiger partial charge in [-0.3, -0.25) is 0 Å². The largest absolute Gasteiger partial charge is 0.353 e. The van der Waals surface area contributed by atoms with E-state index >= 15 is 0 Å². The first kappa shape index (κ1) is 21.1. The summed E-state index contributed by atoms with van der Waals surface area (Å²) in [6.45, 7) is 10.3. The van der Waals surface area contributed by atoms with Gasteiger partial charge in [-0.05, 0) is 13.0 Å². The fraction of sp³-hybridized carbons (Fsp3) is 0.471. The molecular weight excluding hydrogens is 457 g/mol. The summed E-state index contributed by atoms with van der Waals surface area (Å²) < 4.78 is 1.96. The molecule has 0 aliphatic carbocycles. The average molecular weight is 483 g/mol. The SMILES string of the molecule is C=CCNC(=NCc1nnc(C)n1C)N1CCN(c2ncccn2)CC1.I. The van der Waals surface area contributed by atoms with Crippen molar-refractivity contribution in [3.05, 3.63) is 42.8 Å². The highest BCUT2D eigenvalue weighted by Crippen LogP contribution is 2.10. The number of hydrogen-bond acceptors (Lipinski definition) is 6. The van der Waals surface area contributed by atoms with Crippen molar-refractivity contribution in [2.45, 2.75) is 13.5 Å². The van der Waals surface area contributed by atoms with Crippen molar-refractivity contribution in [1.82, 2.24) is 34.9 Å². The fourth-order valence-electron chi connectivity index (χ4n) is 2.74. The van der Waals surface area contributed by atoms with E-state index in [2.05, 4.69) is 41.9 Å². The van der Waals surface area contributed by atoms with E-state index in [0.29, 0.717) is 13.1 Å². The zero-order valence-electron chi connectivity index (χ0n) is 15.7. The molecule has 9 nitrogen and oxygen atoms in total. The molecule has 0 amide bonds. The summed E-state index contributed by atoms with van der Waals surface area (Å²) in [5.74, 6) is 3.36. The first-order chi connectivity index (χ1) is 12.7. The Kier molecular flexibility index (Phi) is 7.95. The molecule has 0 spiro atoms. The standard InChI is InChI=1S/C17H25N9.HI/c1-4-6-18-17(21-13-15-23-22-14(2)24(15)3)26-11-9-25(10-12-26)16-19-7-5-8-20-16;/h4-5,7-8H,1,6,9-13H2,2-3H3,(H,18,21);1H. The van der Waals surface area contributed by atoms with Gasteiger partial charge in [0.05, 0.1) is 0 Å². The highest BCUT2D eigenvalue weighted by Gasteiger charge is 2.21. The minimum atomic E-state index is 0. The molecule has 10 heteroatoms. The number of hydrogen-bond donors (Lipinski definition) is 1. The van der Waals surface area contributed by atoms with Gasteiger partial charge in [0, 0.05) is 52.2 Å². The van der Waals surface area contributed by atoms with E-state index in [9.17, 15) is 0 Å². The van der Waals surface area contributed by atoms with Crippen LogP contribution in [0, 0.1) is 6.92 Å². The second-order valence-electron chi connectivity index (χ2n) is 6.05.